The second-order valence-electron chi connectivity index (χ2n) is 9.16. The first kappa shape index (κ1) is 25.7. The van der Waals surface area contributed by atoms with Gasteiger partial charge in [-0.2, -0.15) is 4.98 Å². The number of rotatable bonds is 8. The van der Waals surface area contributed by atoms with Crippen molar-refractivity contribution in [2.45, 2.75) is 58.9 Å². The molecule has 1 aromatic heterocycles. The van der Waals surface area contributed by atoms with E-state index in [0.29, 0.717) is 11.4 Å². The third-order valence-electron chi connectivity index (χ3n) is 5.05. The molecule has 1 N–H and O–H groups in total. The third kappa shape index (κ3) is 7.81. The zero-order valence-electron chi connectivity index (χ0n) is 20.5. The Bertz CT molecular complexity index is 1200. The molecule has 2 aromatic carbocycles. The Hall–Kier alpha value is -3.94. The van der Waals surface area contributed by atoms with Crippen LogP contribution < -0.4 is 11.0 Å². The predicted molar refractivity (Wildman–Crippen MR) is 133 cm³/mol. The number of carbonyl (C=O) groups excluding carboxylic acids is 2. The van der Waals surface area contributed by atoms with Crippen LogP contribution in [0.5, 0.6) is 0 Å². The number of carbonyl (C=O) groups is 2. The largest absolute Gasteiger partial charge is 0.458 e. The molecule has 0 aliphatic heterocycles. The van der Waals surface area contributed by atoms with Crippen LogP contribution in [0.25, 0.3) is 11.3 Å². The lowest BCUT2D eigenvalue weighted by molar-refractivity contribution is -0.157. The Morgan fingerprint density at radius 2 is 1.66 bits per heavy atom. The number of amides is 1. The van der Waals surface area contributed by atoms with Gasteiger partial charge in [0.2, 0.25) is 0 Å². The number of alkyl carbamates (subject to hydrolysis) is 1. The van der Waals surface area contributed by atoms with E-state index in [1.54, 1.807) is 27.7 Å². The summed E-state index contributed by atoms with van der Waals surface area (Å²) in [5.41, 5.74) is 1.76. The van der Waals surface area contributed by atoms with Crippen LogP contribution in [0, 0.1) is 6.92 Å². The Morgan fingerprint density at radius 3 is 2.29 bits per heavy atom. The van der Waals surface area contributed by atoms with E-state index in [-0.39, 0.29) is 19.6 Å². The van der Waals surface area contributed by atoms with E-state index in [2.05, 4.69) is 10.3 Å². The number of aryl methyl sites for hydroxylation is 1. The van der Waals surface area contributed by atoms with Gasteiger partial charge < -0.3 is 14.8 Å². The predicted octanol–water partition coefficient (Wildman–Crippen LogP) is 4.25. The van der Waals surface area contributed by atoms with Gasteiger partial charge in [-0.05, 0) is 51.3 Å². The fourth-order valence-electron chi connectivity index (χ4n) is 3.47. The van der Waals surface area contributed by atoms with Gasteiger partial charge in [0.25, 0.3) is 0 Å². The van der Waals surface area contributed by atoms with Crippen LogP contribution in [0.4, 0.5) is 4.79 Å². The fourth-order valence-corrected chi connectivity index (χ4v) is 3.47. The van der Waals surface area contributed by atoms with Crippen molar-refractivity contribution in [2.24, 2.45) is 0 Å². The first-order chi connectivity index (χ1) is 16.6. The van der Waals surface area contributed by atoms with Crippen LogP contribution in [-0.4, -0.2) is 33.3 Å². The van der Waals surface area contributed by atoms with E-state index < -0.39 is 29.4 Å². The smallest absolute Gasteiger partial charge is 0.408 e. The minimum Gasteiger partial charge on any atom is -0.458 e. The maximum absolute atomic E-state index is 12.9. The van der Waals surface area contributed by atoms with E-state index in [4.69, 9.17) is 9.47 Å². The van der Waals surface area contributed by atoms with Crippen molar-refractivity contribution >= 4 is 12.1 Å². The first-order valence-corrected chi connectivity index (χ1v) is 11.5. The number of hydrogen-bond acceptors (Lipinski definition) is 6. The molecule has 0 bridgehead atoms. The van der Waals surface area contributed by atoms with Gasteiger partial charge in [0.15, 0.2) is 0 Å². The molecular weight excluding hydrogens is 446 g/mol. The maximum Gasteiger partial charge on any atom is 0.408 e. The standard InChI is InChI=1S/C27H31N3O5/c1-19-17-23(21-13-9-6-10-14-21)30(25(32)28-19)16-15-22(24(31)35-27(2,3)4)29-26(33)34-18-20-11-7-5-8-12-20/h5-14,17,22H,15-16,18H2,1-4H3,(H,29,33)/t22-/m0/s1. The topological polar surface area (TPSA) is 99.5 Å². The van der Waals surface area contributed by atoms with Gasteiger partial charge in [-0.15, -0.1) is 0 Å². The van der Waals surface area contributed by atoms with E-state index in [1.165, 1.54) is 4.57 Å². The zero-order valence-corrected chi connectivity index (χ0v) is 20.5. The van der Waals surface area contributed by atoms with Crippen molar-refractivity contribution in [3.63, 3.8) is 0 Å². The average molecular weight is 478 g/mol. The van der Waals surface area contributed by atoms with Crippen LogP contribution in [0.2, 0.25) is 0 Å². The SMILES string of the molecule is Cc1cc(-c2ccccc2)n(CC[C@H](NC(=O)OCc2ccccc2)C(=O)OC(C)(C)C)c(=O)n1. The molecule has 3 rings (SSSR count). The summed E-state index contributed by atoms with van der Waals surface area (Å²) in [6.07, 6.45) is -0.637. The molecule has 184 valence electrons. The van der Waals surface area contributed by atoms with E-state index in [0.717, 1.165) is 11.1 Å². The highest BCUT2D eigenvalue weighted by Crippen LogP contribution is 2.19. The summed E-state index contributed by atoms with van der Waals surface area (Å²) in [6, 6.07) is 19.5. The first-order valence-electron chi connectivity index (χ1n) is 11.5. The van der Waals surface area contributed by atoms with Crippen LogP contribution >= 0.6 is 0 Å². The van der Waals surface area contributed by atoms with Gasteiger partial charge in [0, 0.05) is 12.2 Å². The Balaban J connectivity index is 1.78. The van der Waals surface area contributed by atoms with Crippen molar-refractivity contribution in [3.05, 3.63) is 88.5 Å². The quantitative estimate of drug-likeness (QED) is 0.487. The molecule has 1 heterocycles. The van der Waals surface area contributed by atoms with Crippen molar-refractivity contribution < 1.29 is 19.1 Å². The molecule has 1 amide bonds. The normalized spacial score (nSPS) is 12.0. The molecule has 8 heteroatoms. The molecule has 0 radical (unpaired) electrons. The third-order valence-corrected chi connectivity index (χ3v) is 5.05. The fraction of sp³-hybridized carbons (Fsp3) is 0.333. The number of aromatic nitrogens is 2. The van der Waals surface area contributed by atoms with Gasteiger partial charge in [0.05, 0.1) is 5.69 Å². The Labute approximate surface area is 204 Å². The van der Waals surface area contributed by atoms with Crippen molar-refractivity contribution in [1.82, 2.24) is 14.9 Å². The van der Waals surface area contributed by atoms with Gasteiger partial charge in [-0.25, -0.2) is 14.4 Å². The Kier molecular flexibility index (Phi) is 8.41. The molecule has 0 spiro atoms. The van der Waals surface area contributed by atoms with Crippen molar-refractivity contribution in [3.8, 4) is 11.3 Å². The lowest BCUT2D eigenvalue weighted by Gasteiger charge is -2.25. The van der Waals surface area contributed by atoms with Crippen LogP contribution in [-0.2, 0) is 27.4 Å². The monoisotopic (exact) mass is 477 g/mol. The van der Waals surface area contributed by atoms with Gasteiger partial charge in [-0.1, -0.05) is 60.7 Å². The number of hydrogen-bond donors (Lipinski definition) is 1. The molecule has 3 aromatic rings. The maximum atomic E-state index is 12.9. The summed E-state index contributed by atoms with van der Waals surface area (Å²) in [7, 11) is 0. The van der Waals surface area contributed by atoms with Crippen molar-refractivity contribution in [2.75, 3.05) is 0 Å². The molecule has 35 heavy (non-hydrogen) atoms. The molecule has 8 nitrogen and oxygen atoms in total. The van der Waals surface area contributed by atoms with Gasteiger partial charge in [0.1, 0.15) is 18.2 Å². The van der Waals surface area contributed by atoms with Crippen molar-refractivity contribution in [1.29, 1.82) is 0 Å². The second-order valence-corrected chi connectivity index (χ2v) is 9.16. The number of nitrogens with one attached hydrogen (secondary N) is 1. The summed E-state index contributed by atoms with van der Waals surface area (Å²) in [5, 5.41) is 2.60. The lowest BCUT2D eigenvalue weighted by Crippen LogP contribution is -2.45. The highest BCUT2D eigenvalue weighted by molar-refractivity contribution is 5.81. The number of nitrogens with zero attached hydrogens (tertiary/aromatic N) is 2. The molecule has 0 aliphatic rings. The van der Waals surface area contributed by atoms with Gasteiger partial charge >= 0.3 is 17.8 Å². The van der Waals surface area contributed by atoms with E-state index in [9.17, 15) is 14.4 Å². The average Bonchev–Trinajstić information content (AvgIpc) is 2.81. The second kappa shape index (κ2) is 11.5. The summed E-state index contributed by atoms with van der Waals surface area (Å²) >= 11 is 0. The van der Waals surface area contributed by atoms with E-state index >= 15 is 0 Å². The molecule has 0 aliphatic carbocycles. The van der Waals surface area contributed by atoms with E-state index in [1.807, 2.05) is 66.7 Å². The minimum absolute atomic E-state index is 0.0627. The number of esters is 1. The Morgan fingerprint density at radius 1 is 1.03 bits per heavy atom. The van der Waals surface area contributed by atoms with Crippen LogP contribution in [0.1, 0.15) is 38.4 Å². The number of ether oxygens (including phenoxy) is 2. The molecule has 0 fully saturated rings. The molecule has 0 unspecified atom stereocenters. The summed E-state index contributed by atoms with van der Waals surface area (Å²) < 4.78 is 12.3. The van der Waals surface area contributed by atoms with Crippen LogP contribution in [0.15, 0.2) is 71.5 Å². The zero-order chi connectivity index (χ0) is 25.4. The highest BCUT2D eigenvalue weighted by Gasteiger charge is 2.27. The molecular formula is C27H31N3O5. The summed E-state index contributed by atoms with van der Waals surface area (Å²) in [4.78, 5) is 42.2. The molecule has 1 atom stereocenters. The summed E-state index contributed by atoms with van der Waals surface area (Å²) in [5.74, 6) is -0.608. The lowest BCUT2D eigenvalue weighted by atomic mass is 10.1. The molecule has 0 saturated heterocycles. The molecule has 0 saturated carbocycles. The van der Waals surface area contributed by atoms with Gasteiger partial charge in [-0.3, -0.25) is 4.57 Å². The number of benzene rings is 2. The minimum atomic E-state index is -1.02. The highest BCUT2D eigenvalue weighted by atomic mass is 16.6. The summed E-state index contributed by atoms with van der Waals surface area (Å²) in [6.45, 7) is 7.20. The van der Waals surface area contributed by atoms with Crippen LogP contribution in [0.3, 0.4) is 0 Å².